The molecule has 1 unspecified atom stereocenters. The quantitative estimate of drug-likeness (QED) is 0.323. The lowest BCUT2D eigenvalue weighted by Crippen LogP contribution is -2.05. The summed E-state index contributed by atoms with van der Waals surface area (Å²) in [5, 5.41) is 29.3. The fraction of sp³-hybridized carbons (Fsp3) is 0.111. The Balaban J connectivity index is 1.68. The number of hydrogen-bond acceptors (Lipinski definition) is 7. The van der Waals surface area contributed by atoms with Crippen LogP contribution in [0.5, 0.6) is 0 Å². The molecule has 128 valence electrons. The van der Waals surface area contributed by atoms with Crippen LogP contribution in [0.15, 0.2) is 59.6 Å². The van der Waals surface area contributed by atoms with Gasteiger partial charge >= 0.3 is 0 Å². The smallest absolute Gasteiger partial charge is 0.196 e. The Labute approximate surface area is 157 Å². The summed E-state index contributed by atoms with van der Waals surface area (Å²) in [6.45, 7) is 1.83. The highest BCUT2D eigenvalue weighted by Crippen LogP contribution is 2.33. The minimum atomic E-state index is -0.371. The Kier molecular flexibility index (Phi) is 4.32. The van der Waals surface area contributed by atoms with Gasteiger partial charge in [0.1, 0.15) is 22.4 Å². The van der Waals surface area contributed by atoms with Gasteiger partial charge in [-0.1, -0.05) is 30.0 Å². The normalized spacial score (nSPS) is 13.5. The van der Waals surface area contributed by atoms with Crippen molar-refractivity contribution in [2.24, 2.45) is 0 Å². The lowest BCUT2D eigenvalue weighted by Gasteiger charge is -2.10. The summed E-state index contributed by atoms with van der Waals surface area (Å²) >= 11 is 2.73. The van der Waals surface area contributed by atoms with Crippen molar-refractivity contribution in [1.29, 1.82) is 5.26 Å². The number of aliphatic hydroxyl groups excluding tert-OH is 1. The Morgan fingerprint density at radius 2 is 2.04 bits per heavy atom. The Morgan fingerprint density at radius 3 is 2.85 bits per heavy atom. The molecule has 1 aromatic carbocycles. The molecule has 3 aromatic heterocycles. The first kappa shape index (κ1) is 16.6. The summed E-state index contributed by atoms with van der Waals surface area (Å²) < 4.78 is 2.82. The molecule has 3 heterocycles. The first-order chi connectivity index (χ1) is 12.7. The standard InChI is InChI=1S/C18H13N5OS2/c1-11(25-18-22-21-15-8-4-5-9-23(15)18)16(24)12(10-19)17-20-13-6-2-3-7-14(13)26-17/h2-9,11,24H,1H3/b16-12-. The summed E-state index contributed by atoms with van der Waals surface area (Å²) in [4.78, 5) is 4.47. The highest BCUT2D eigenvalue weighted by Gasteiger charge is 2.21. The van der Waals surface area contributed by atoms with Gasteiger partial charge in [-0.25, -0.2) is 4.98 Å². The van der Waals surface area contributed by atoms with Crippen molar-refractivity contribution in [3.63, 3.8) is 0 Å². The van der Waals surface area contributed by atoms with Crippen molar-refractivity contribution in [2.45, 2.75) is 17.3 Å². The predicted octanol–water partition coefficient (Wildman–Crippen LogP) is 4.31. The van der Waals surface area contributed by atoms with E-state index in [1.165, 1.54) is 23.1 Å². The van der Waals surface area contributed by atoms with E-state index in [-0.39, 0.29) is 16.6 Å². The molecule has 4 rings (SSSR count). The third-order valence-corrected chi connectivity index (χ3v) is 5.95. The van der Waals surface area contributed by atoms with E-state index in [1.54, 1.807) is 0 Å². The number of nitriles is 1. The molecular formula is C18H13N5OS2. The van der Waals surface area contributed by atoms with Crippen molar-refractivity contribution < 1.29 is 5.11 Å². The number of thiazole rings is 1. The van der Waals surface area contributed by atoms with Crippen LogP contribution in [0.1, 0.15) is 11.9 Å². The Bertz CT molecular complexity index is 1140. The molecule has 0 radical (unpaired) electrons. The zero-order chi connectivity index (χ0) is 18.1. The maximum atomic E-state index is 10.7. The molecule has 8 heteroatoms. The highest BCUT2D eigenvalue weighted by atomic mass is 32.2. The van der Waals surface area contributed by atoms with Crippen LogP contribution in [0, 0.1) is 11.3 Å². The second kappa shape index (κ2) is 6.78. The van der Waals surface area contributed by atoms with Gasteiger partial charge in [-0.2, -0.15) is 5.26 Å². The molecule has 0 fully saturated rings. The number of para-hydroxylation sites is 1. The summed E-state index contributed by atoms with van der Waals surface area (Å²) in [6.07, 6.45) is 1.86. The number of allylic oxidation sites excluding steroid dienone is 1. The van der Waals surface area contributed by atoms with Crippen LogP contribution in [-0.4, -0.2) is 29.9 Å². The number of rotatable bonds is 4. The average Bonchev–Trinajstić information content (AvgIpc) is 3.26. The van der Waals surface area contributed by atoms with E-state index in [4.69, 9.17) is 0 Å². The zero-order valence-corrected chi connectivity index (χ0v) is 15.3. The molecule has 4 aromatic rings. The second-order valence-electron chi connectivity index (χ2n) is 5.53. The van der Waals surface area contributed by atoms with Crippen molar-refractivity contribution in [3.8, 4) is 6.07 Å². The molecular weight excluding hydrogens is 366 g/mol. The fourth-order valence-corrected chi connectivity index (χ4v) is 4.38. The Hall–Kier alpha value is -2.89. The summed E-state index contributed by atoms with van der Waals surface area (Å²) in [6, 6.07) is 15.4. The van der Waals surface area contributed by atoms with Gasteiger partial charge in [0, 0.05) is 6.20 Å². The minimum Gasteiger partial charge on any atom is -0.510 e. The van der Waals surface area contributed by atoms with Gasteiger partial charge in [-0.15, -0.1) is 21.5 Å². The van der Waals surface area contributed by atoms with Crippen LogP contribution in [0.25, 0.3) is 21.4 Å². The van der Waals surface area contributed by atoms with Crippen LogP contribution in [0.2, 0.25) is 0 Å². The van der Waals surface area contributed by atoms with Gasteiger partial charge in [0.15, 0.2) is 10.8 Å². The predicted molar refractivity (Wildman–Crippen MR) is 103 cm³/mol. The van der Waals surface area contributed by atoms with Crippen molar-refractivity contribution in [2.75, 3.05) is 0 Å². The minimum absolute atomic E-state index is 0.00997. The number of nitrogens with zero attached hydrogens (tertiary/aromatic N) is 5. The van der Waals surface area contributed by atoms with E-state index in [2.05, 4.69) is 21.3 Å². The molecule has 0 aliphatic rings. The van der Waals surface area contributed by atoms with Gasteiger partial charge in [0.25, 0.3) is 0 Å². The lowest BCUT2D eigenvalue weighted by molar-refractivity contribution is 0.402. The van der Waals surface area contributed by atoms with Crippen molar-refractivity contribution in [1.82, 2.24) is 19.6 Å². The molecule has 6 nitrogen and oxygen atoms in total. The van der Waals surface area contributed by atoms with Crippen LogP contribution in [-0.2, 0) is 0 Å². The number of thioether (sulfide) groups is 1. The molecule has 1 atom stereocenters. The molecule has 0 aliphatic heterocycles. The van der Waals surface area contributed by atoms with Crippen LogP contribution < -0.4 is 0 Å². The maximum Gasteiger partial charge on any atom is 0.196 e. The molecule has 0 saturated heterocycles. The van der Waals surface area contributed by atoms with Crippen molar-refractivity contribution in [3.05, 3.63) is 59.4 Å². The number of aliphatic hydroxyl groups is 1. The third kappa shape index (κ3) is 2.92. The Morgan fingerprint density at radius 1 is 1.23 bits per heavy atom. The molecule has 0 aliphatic carbocycles. The van der Waals surface area contributed by atoms with Crippen LogP contribution in [0.3, 0.4) is 0 Å². The van der Waals surface area contributed by atoms with Gasteiger partial charge in [-0.3, -0.25) is 4.40 Å². The lowest BCUT2D eigenvalue weighted by atomic mass is 10.2. The molecule has 0 spiro atoms. The van der Waals surface area contributed by atoms with E-state index in [9.17, 15) is 10.4 Å². The third-order valence-electron chi connectivity index (χ3n) is 3.83. The van der Waals surface area contributed by atoms with E-state index < -0.39 is 0 Å². The summed E-state index contributed by atoms with van der Waals surface area (Å²) in [7, 11) is 0. The topological polar surface area (TPSA) is 87.1 Å². The average molecular weight is 379 g/mol. The zero-order valence-electron chi connectivity index (χ0n) is 13.7. The van der Waals surface area contributed by atoms with Gasteiger partial charge < -0.3 is 5.11 Å². The number of fused-ring (bicyclic) bond motifs is 2. The SMILES string of the molecule is CC(Sc1nnc2ccccn12)/C(O)=C(\C#N)c1nc2ccccc2s1. The largest absolute Gasteiger partial charge is 0.510 e. The number of pyridine rings is 1. The maximum absolute atomic E-state index is 10.7. The first-order valence-electron chi connectivity index (χ1n) is 7.83. The van der Waals surface area contributed by atoms with E-state index in [1.807, 2.05) is 60.0 Å². The van der Waals surface area contributed by atoms with E-state index in [0.717, 1.165) is 15.9 Å². The molecule has 0 bridgehead atoms. The monoisotopic (exact) mass is 379 g/mol. The summed E-state index contributed by atoms with van der Waals surface area (Å²) in [5.74, 6) is -0.00997. The fourth-order valence-electron chi connectivity index (χ4n) is 2.51. The van der Waals surface area contributed by atoms with E-state index >= 15 is 0 Å². The van der Waals surface area contributed by atoms with Gasteiger partial charge in [-0.05, 0) is 31.2 Å². The van der Waals surface area contributed by atoms with E-state index in [0.29, 0.717) is 10.2 Å². The summed E-state index contributed by atoms with van der Waals surface area (Å²) in [5.41, 5.74) is 1.74. The van der Waals surface area contributed by atoms with Gasteiger partial charge in [0.05, 0.1) is 15.5 Å². The number of benzene rings is 1. The number of hydrogen-bond donors (Lipinski definition) is 1. The molecule has 1 N–H and O–H groups in total. The highest BCUT2D eigenvalue weighted by molar-refractivity contribution is 7.99. The molecule has 0 amide bonds. The first-order valence-corrected chi connectivity index (χ1v) is 9.52. The molecule has 26 heavy (non-hydrogen) atoms. The van der Waals surface area contributed by atoms with Crippen LogP contribution >= 0.6 is 23.1 Å². The number of aromatic nitrogens is 4. The van der Waals surface area contributed by atoms with Crippen molar-refractivity contribution >= 4 is 44.5 Å². The second-order valence-corrected chi connectivity index (χ2v) is 7.87. The van der Waals surface area contributed by atoms with Crippen LogP contribution in [0.4, 0.5) is 0 Å². The molecule has 0 saturated carbocycles. The van der Waals surface area contributed by atoms with Gasteiger partial charge in [0.2, 0.25) is 0 Å².